The molecule has 0 saturated heterocycles. The fourth-order valence-corrected chi connectivity index (χ4v) is 43.5. The molecule has 0 unspecified atom stereocenters. The summed E-state index contributed by atoms with van der Waals surface area (Å²) in [5.74, 6) is 0. The van der Waals surface area contributed by atoms with E-state index < -0.39 is 27.0 Å². The summed E-state index contributed by atoms with van der Waals surface area (Å²) in [6.07, 6.45) is 96.9. The van der Waals surface area contributed by atoms with Crippen LogP contribution in [0, 0.1) is 0 Å². The van der Waals surface area contributed by atoms with E-state index in [0.29, 0.717) is 0 Å². The molecule has 0 aromatic heterocycles. The fourth-order valence-electron chi connectivity index (χ4n) is 21.3. The van der Waals surface area contributed by atoms with E-state index in [1.54, 1.807) is 391 Å². The first-order valence-electron chi connectivity index (χ1n) is 39.4. The second kappa shape index (κ2) is 48.2. The number of halogens is 4. The SMILES string of the molecule is C1CCC([PH+](C2CCCCC2)C2CCCCC2)CC1.C1CCC([PH+](C2CCCCC2)C2CCCCC2)CC1.C1CCC([PH+](C2CCCCC2)C2CCCCC2)CC1.C1CCC([PH+](C2CCCCC2)C2CCCCC2)CC1.C=[C]=[Ru]([Cl])[Cl].CC=[C]=[Ru]([Cl])[Cl]. The van der Waals surface area contributed by atoms with E-state index in [4.69, 9.17) is 38.8 Å². The predicted octanol–water partition coefficient (Wildman–Crippen LogP) is 28.2. The van der Waals surface area contributed by atoms with E-state index in [2.05, 4.69) is 15.1 Å². The molecular formula is C77H142Cl4P4Ru2+4. The Morgan fingerprint density at radius 1 is 0.230 bits per heavy atom. The molecule has 12 fully saturated rings. The van der Waals surface area contributed by atoms with Gasteiger partial charge in [-0.05, 0) is 308 Å². The van der Waals surface area contributed by atoms with Crippen LogP contribution in [-0.4, -0.2) is 76.4 Å². The normalized spacial score (nSPS) is 26.4. The van der Waals surface area contributed by atoms with E-state index in [1.165, 1.54) is 67.9 Å². The zero-order valence-electron chi connectivity index (χ0n) is 56.9. The van der Waals surface area contributed by atoms with Crippen molar-refractivity contribution in [3.05, 3.63) is 12.7 Å². The van der Waals surface area contributed by atoms with E-state index in [0.717, 1.165) is 0 Å². The molecule has 0 aromatic carbocycles. The Hall–Kier alpha value is 3.43. The summed E-state index contributed by atoms with van der Waals surface area (Å²) in [5, 5.41) is 0. The second-order valence-corrected chi connectivity index (χ2v) is 55.6. The molecule has 0 atom stereocenters. The van der Waals surface area contributed by atoms with Crippen molar-refractivity contribution >= 4 is 79.0 Å². The molecule has 0 spiro atoms. The Bertz CT molecular complexity index is 1430. The van der Waals surface area contributed by atoms with Gasteiger partial charge in [0.25, 0.3) is 0 Å². The Morgan fingerprint density at radius 3 is 0.391 bits per heavy atom. The van der Waals surface area contributed by atoms with Gasteiger partial charge in [0, 0.05) is 31.7 Å². The van der Waals surface area contributed by atoms with Crippen LogP contribution < -0.4 is 0 Å². The third-order valence-corrected chi connectivity index (χ3v) is 46.8. The molecule has 0 N–H and O–H groups in total. The minimum absolute atomic E-state index is 0.0465. The Balaban J connectivity index is 0.000000156. The number of hydrogen-bond acceptors (Lipinski definition) is 0. The fraction of sp³-hybridized carbons (Fsp3) is 0.948. The topological polar surface area (TPSA) is 0 Å². The summed E-state index contributed by atoms with van der Waals surface area (Å²) < 4.78 is 5.21. The summed E-state index contributed by atoms with van der Waals surface area (Å²) >= 11 is -3.17. The van der Waals surface area contributed by atoms with Crippen LogP contribution in [-0.2, 0) is 27.0 Å². The van der Waals surface area contributed by atoms with Crippen LogP contribution in [0.3, 0.4) is 0 Å². The van der Waals surface area contributed by atoms with Gasteiger partial charge in [-0.15, -0.1) is 0 Å². The van der Waals surface area contributed by atoms with Crippen LogP contribution in [0.15, 0.2) is 12.7 Å². The summed E-state index contributed by atoms with van der Waals surface area (Å²) in [6, 6.07) is 0. The van der Waals surface area contributed by atoms with Gasteiger partial charge in [0.15, 0.2) is 0 Å². The molecule has 0 nitrogen and oxygen atoms in total. The van der Waals surface area contributed by atoms with E-state index in [-0.39, 0.29) is 31.7 Å². The summed E-state index contributed by atoms with van der Waals surface area (Å²) in [5.41, 5.74) is 14.7. The monoisotopic (exact) mass is 1530 g/mol. The quantitative estimate of drug-likeness (QED) is 0.135. The number of hydrogen-bond donors (Lipinski definition) is 0. The molecule has 10 heteroatoms. The third-order valence-electron chi connectivity index (χ3n) is 25.2. The third kappa shape index (κ3) is 29.4. The van der Waals surface area contributed by atoms with Crippen LogP contribution >= 0.6 is 70.5 Å². The zero-order valence-corrected chi connectivity index (χ0v) is 67.4. The van der Waals surface area contributed by atoms with Crippen LogP contribution in [0.25, 0.3) is 0 Å². The van der Waals surface area contributed by atoms with Gasteiger partial charge in [0.2, 0.25) is 0 Å². The predicted molar refractivity (Wildman–Crippen MR) is 405 cm³/mol. The molecule has 12 aliphatic rings. The van der Waals surface area contributed by atoms with Crippen molar-refractivity contribution in [1.29, 1.82) is 0 Å². The summed E-state index contributed by atoms with van der Waals surface area (Å²) in [7, 11) is 20.9. The van der Waals surface area contributed by atoms with E-state index in [9.17, 15) is 0 Å². The summed E-state index contributed by atoms with van der Waals surface area (Å²) in [6.45, 7) is 5.09. The van der Waals surface area contributed by atoms with Gasteiger partial charge in [-0.1, -0.05) is 77.0 Å². The Kier molecular flexibility index (Phi) is 43.1. The maximum absolute atomic E-state index is 5.34. The van der Waals surface area contributed by atoms with Crippen molar-refractivity contribution in [1.82, 2.24) is 0 Å². The molecule has 0 aromatic rings. The second-order valence-electron chi connectivity index (χ2n) is 30.9. The first kappa shape index (κ1) is 77.8. The van der Waals surface area contributed by atoms with Gasteiger partial charge >= 0.3 is 93.9 Å². The van der Waals surface area contributed by atoms with Gasteiger partial charge in [0.05, 0.1) is 67.9 Å². The minimum atomic E-state index is -1.60. The van der Waals surface area contributed by atoms with Gasteiger partial charge in [-0.2, -0.15) is 0 Å². The molecule has 87 heavy (non-hydrogen) atoms. The van der Waals surface area contributed by atoms with E-state index in [1.807, 2.05) is 6.92 Å². The molecule has 0 radical (unpaired) electrons. The molecular weight excluding hydrogens is 1390 g/mol. The average molecular weight is 1540 g/mol. The Morgan fingerprint density at radius 2 is 0.333 bits per heavy atom. The standard InChI is InChI=1S/4C18H33P.C3H4.C2H2.4ClH.2Ru/c4*1-4-10-16(11-5-1)19(17-12-6-2-7-13-17)18-14-8-3-9-15-18;1-3-2;1-2;;;;;;/h4*16-18H,1-15H2;3H,1H3;1H2;4*1H;;/q;;;;;;;;;;2*+2. The van der Waals surface area contributed by atoms with Crippen molar-refractivity contribution in [3.63, 3.8) is 0 Å². The molecule has 510 valence electrons. The van der Waals surface area contributed by atoms with Crippen molar-refractivity contribution in [2.45, 2.75) is 460 Å². The molecule has 12 aliphatic carbocycles. The molecule has 0 heterocycles. The van der Waals surface area contributed by atoms with Crippen LogP contribution in [0.2, 0.25) is 0 Å². The zero-order chi connectivity index (χ0) is 60.9. The number of allylic oxidation sites excluding steroid dienone is 1. The van der Waals surface area contributed by atoms with E-state index >= 15 is 0 Å². The van der Waals surface area contributed by atoms with Crippen LogP contribution in [0.1, 0.15) is 392 Å². The van der Waals surface area contributed by atoms with Crippen LogP contribution in [0.4, 0.5) is 0 Å². The molecule has 12 saturated carbocycles. The van der Waals surface area contributed by atoms with Crippen molar-refractivity contribution in [2.24, 2.45) is 0 Å². The van der Waals surface area contributed by atoms with Gasteiger partial charge in [-0.25, -0.2) is 0 Å². The molecule has 0 bridgehead atoms. The van der Waals surface area contributed by atoms with Gasteiger partial charge in [0.1, 0.15) is 0 Å². The van der Waals surface area contributed by atoms with Gasteiger partial charge < -0.3 is 0 Å². The summed E-state index contributed by atoms with van der Waals surface area (Å²) in [4.78, 5) is 0. The Labute approximate surface area is 573 Å². The van der Waals surface area contributed by atoms with Gasteiger partial charge in [-0.3, -0.25) is 0 Å². The molecule has 0 aliphatic heterocycles. The first-order valence-corrected chi connectivity index (χ1v) is 57.0. The van der Waals surface area contributed by atoms with Crippen molar-refractivity contribution in [3.8, 4) is 0 Å². The number of rotatable bonds is 12. The maximum atomic E-state index is 5.34. The molecule has 0 amide bonds. The first-order chi connectivity index (χ1) is 42.8. The molecule has 12 rings (SSSR count). The average Bonchev–Trinajstić information content (AvgIpc) is 3.78. The van der Waals surface area contributed by atoms with Crippen molar-refractivity contribution < 1.29 is 27.0 Å². The van der Waals surface area contributed by atoms with Crippen LogP contribution in [0.5, 0.6) is 0 Å². The van der Waals surface area contributed by atoms with Crippen molar-refractivity contribution in [2.75, 3.05) is 0 Å².